The molecule has 0 radical (unpaired) electrons. The molecule has 1 aliphatic rings. The average molecular weight is 331 g/mol. The summed E-state index contributed by atoms with van der Waals surface area (Å²) in [7, 11) is 1.77. The van der Waals surface area contributed by atoms with Crippen molar-refractivity contribution in [1.29, 1.82) is 0 Å². The largest absolute Gasteiger partial charge is 0.484 e. The number of nitrogens with one attached hydrogen (secondary N) is 1. The predicted molar refractivity (Wildman–Crippen MR) is 87.3 cm³/mol. The number of hydrogen-bond acceptors (Lipinski definition) is 5. The molecule has 0 saturated heterocycles. The topological polar surface area (TPSA) is 76.7 Å². The fraction of sp³-hybridized carbons (Fsp3) is 0.412. The molecule has 24 heavy (non-hydrogen) atoms. The Hall–Kier alpha value is -2.70. The highest BCUT2D eigenvalue weighted by Crippen LogP contribution is 2.35. The van der Waals surface area contributed by atoms with Gasteiger partial charge in [-0.1, -0.05) is 0 Å². The van der Waals surface area contributed by atoms with Crippen LogP contribution in [-0.4, -0.2) is 41.5 Å². The van der Waals surface area contributed by atoms with Gasteiger partial charge in [0.25, 0.3) is 5.91 Å². The molecule has 1 unspecified atom stereocenters. The van der Waals surface area contributed by atoms with Crippen LogP contribution >= 0.6 is 0 Å². The van der Waals surface area contributed by atoms with Crippen molar-refractivity contribution in [3.63, 3.8) is 0 Å². The highest BCUT2D eigenvalue weighted by Gasteiger charge is 2.23. The van der Waals surface area contributed by atoms with Crippen LogP contribution in [0.25, 0.3) is 0 Å². The zero-order chi connectivity index (χ0) is 17.3. The molecule has 0 fully saturated rings. The second-order valence-electron chi connectivity index (χ2n) is 5.83. The zero-order valence-electron chi connectivity index (χ0n) is 14.3. The molecule has 0 bridgehead atoms. The van der Waals surface area contributed by atoms with Gasteiger partial charge in [0, 0.05) is 24.4 Å². The molecule has 1 aliphatic heterocycles. The van der Waals surface area contributed by atoms with Crippen molar-refractivity contribution < 1.29 is 19.0 Å². The van der Waals surface area contributed by atoms with Crippen molar-refractivity contribution in [2.24, 2.45) is 0 Å². The number of aryl methyl sites for hydroxylation is 2. The molecule has 2 heterocycles. The zero-order valence-corrected chi connectivity index (χ0v) is 14.3. The number of carbonyl (C=O) groups is 1. The van der Waals surface area contributed by atoms with E-state index < -0.39 is 0 Å². The second kappa shape index (κ2) is 6.43. The smallest absolute Gasteiger partial charge is 0.260 e. The first-order valence-corrected chi connectivity index (χ1v) is 7.77. The Morgan fingerprint density at radius 2 is 2.12 bits per heavy atom. The minimum Gasteiger partial charge on any atom is -0.484 e. The Balaban J connectivity index is 1.62. The van der Waals surface area contributed by atoms with Crippen LogP contribution in [0.2, 0.25) is 0 Å². The minimum atomic E-state index is -0.111. The number of ether oxygens (including phenoxy) is 3. The number of likely N-dealkylation sites (N-methyl/N-ethyl adjacent to an activating group) is 1. The monoisotopic (exact) mass is 331 g/mol. The number of benzene rings is 1. The maximum atomic E-state index is 12.4. The number of hydrogen-bond donors (Lipinski definition) is 1. The molecule has 1 amide bonds. The maximum absolute atomic E-state index is 12.4. The van der Waals surface area contributed by atoms with Crippen LogP contribution < -0.4 is 14.2 Å². The molecule has 0 aliphatic carbocycles. The van der Waals surface area contributed by atoms with Crippen molar-refractivity contribution in [2.75, 3.05) is 20.4 Å². The van der Waals surface area contributed by atoms with Crippen molar-refractivity contribution >= 4 is 5.91 Å². The van der Waals surface area contributed by atoms with E-state index in [2.05, 4.69) is 10.2 Å². The van der Waals surface area contributed by atoms with E-state index in [9.17, 15) is 4.79 Å². The fourth-order valence-electron chi connectivity index (χ4n) is 2.80. The van der Waals surface area contributed by atoms with Crippen molar-refractivity contribution in [3.8, 4) is 17.2 Å². The first-order valence-electron chi connectivity index (χ1n) is 7.77. The van der Waals surface area contributed by atoms with Crippen LogP contribution in [0.4, 0.5) is 0 Å². The predicted octanol–water partition coefficient (Wildman–Crippen LogP) is 2.35. The van der Waals surface area contributed by atoms with Gasteiger partial charge in [-0.05, 0) is 32.9 Å². The number of amides is 1. The van der Waals surface area contributed by atoms with E-state index in [4.69, 9.17) is 14.2 Å². The van der Waals surface area contributed by atoms with Crippen LogP contribution in [0.1, 0.15) is 29.9 Å². The summed E-state index contributed by atoms with van der Waals surface area (Å²) < 4.78 is 16.1. The molecular weight excluding hydrogens is 310 g/mol. The quantitative estimate of drug-likeness (QED) is 0.910. The summed E-state index contributed by atoms with van der Waals surface area (Å²) in [4.78, 5) is 14.1. The molecule has 0 saturated carbocycles. The summed E-state index contributed by atoms with van der Waals surface area (Å²) in [6.07, 6.45) is 0. The molecule has 3 rings (SSSR count). The van der Waals surface area contributed by atoms with Crippen LogP contribution in [0.3, 0.4) is 0 Å². The third-order valence-corrected chi connectivity index (χ3v) is 4.28. The highest BCUT2D eigenvalue weighted by atomic mass is 16.7. The van der Waals surface area contributed by atoms with Crippen molar-refractivity contribution in [3.05, 3.63) is 35.2 Å². The molecule has 7 heteroatoms. The summed E-state index contributed by atoms with van der Waals surface area (Å²) >= 11 is 0. The standard InChI is InChI=1S/C17H21N3O4/c1-10-17(11(2)19-18-10)12(3)20(4)16(21)8-22-13-5-6-14-15(7-13)24-9-23-14/h5-7,12H,8-9H2,1-4H3,(H,18,19). The number of rotatable bonds is 5. The van der Waals surface area contributed by atoms with E-state index >= 15 is 0 Å². The minimum absolute atomic E-state index is 0.0452. The van der Waals surface area contributed by atoms with Gasteiger partial charge in [0.1, 0.15) is 5.75 Å². The molecule has 0 spiro atoms. The van der Waals surface area contributed by atoms with Gasteiger partial charge in [0.2, 0.25) is 6.79 Å². The van der Waals surface area contributed by atoms with Crippen molar-refractivity contribution in [1.82, 2.24) is 15.1 Å². The Kier molecular flexibility index (Phi) is 4.33. The Morgan fingerprint density at radius 3 is 2.83 bits per heavy atom. The first-order chi connectivity index (χ1) is 11.5. The molecule has 2 aromatic rings. The van der Waals surface area contributed by atoms with E-state index in [0.29, 0.717) is 17.2 Å². The summed E-state index contributed by atoms with van der Waals surface area (Å²) in [5.74, 6) is 1.78. The van der Waals surface area contributed by atoms with E-state index in [0.717, 1.165) is 17.0 Å². The van der Waals surface area contributed by atoms with Gasteiger partial charge in [-0.25, -0.2) is 0 Å². The maximum Gasteiger partial charge on any atom is 0.260 e. The normalized spacial score (nSPS) is 13.7. The van der Waals surface area contributed by atoms with E-state index in [1.54, 1.807) is 30.1 Å². The van der Waals surface area contributed by atoms with E-state index in [-0.39, 0.29) is 25.3 Å². The van der Waals surface area contributed by atoms with Gasteiger partial charge in [-0.2, -0.15) is 5.10 Å². The van der Waals surface area contributed by atoms with Gasteiger partial charge in [-0.15, -0.1) is 0 Å². The van der Waals surface area contributed by atoms with Gasteiger partial charge in [0.05, 0.1) is 11.7 Å². The van der Waals surface area contributed by atoms with E-state index in [1.165, 1.54) is 0 Å². The van der Waals surface area contributed by atoms with Crippen LogP contribution in [-0.2, 0) is 4.79 Å². The average Bonchev–Trinajstić information content (AvgIpc) is 3.17. The molecule has 1 atom stereocenters. The summed E-state index contributed by atoms with van der Waals surface area (Å²) in [6, 6.07) is 5.17. The molecular formula is C17H21N3O4. The number of carbonyl (C=O) groups excluding carboxylic acids is 1. The van der Waals surface area contributed by atoms with Crippen LogP contribution in [0.5, 0.6) is 17.2 Å². The summed E-state index contributed by atoms with van der Waals surface area (Å²) in [5.41, 5.74) is 2.90. The van der Waals surface area contributed by atoms with Gasteiger partial charge >= 0.3 is 0 Å². The van der Waals surface area contributed by atoms with Crippen molar-refractivity contribution in [2.45, 2.75) is 26.8 Å². The highest BCUT2D eigenvalue weighted by molar-refractivity contribution is 5.78. The van der Waals surface area contributed by atoms with Gasteiger partial charge in [-0.3, -0.25) is 9.89 Å². The molecule has 1 aromatic carbocycles. The third kappa shape index (κ3) is 3.02. The summed E-state index contributed by atoms with van der Waals surface area (Å²) in [5, 5.41) is 7.13. The third-order valence-electron chi connectivity index (χ3n) is 4.28. The fourth-order valence-corrected chi connectivity index (χ4v) is 2.80. The number of aromatic nitrogens is 2. The lowest BCUT2D eigenvalue weighted by molar-refractivity contribution is -0.134. The Labute approximate surface area is 140 Å². The van der Waals surface area contributed by atoms with E-state index in [1.807, 2.05) is 20.8 Å². The van der Waals surface area contributed by atoms with Crippen LogP contribution in [0.15, 0.2) is 18.2 Å². The van der Waals surface area contributed by atoms with Gasteiger partial charge < -0.3 is 19.1 Å². The lowest BCUT2D eigenvalue weighted by atomic mass is 10.1. The number of aromatic amines is 1. The number of fused-ring (bicyclic) bond motifs is 1. The first kappa shape index (κ1) is 16.2. The number of nitrogens with zero attached hydrogens (tertiary/aromatic N) is 2. The lowest BCUT2D eigenvalue weighted by Gasteiger charge is -2.25. The summed E-state index contributed by atoms with van der Waals surface area (Å²) in [6.45, 7) is 6.02. The lowest BCUT2D eigenvalue weighted by Crippen LogP contribution is -2.34. The molecule has 7 nitrogen and oxygen atoms in total. The second-order valence-corrected chi connectivity index (χ2v) is 5.83. The molecule has 128 valence electrons. The molecule has 1 N–H and O–H groups in total. The van der Waals surface area contributed by atoms with Gasteiger partial charge in [0.15, 0.2) is 18.1 Å². The molecule has 1 aromatic heterocycles. The Morgan fingerprint density at radius 1 is 1.38 bits per heavy atom. The van der Waals surface area contributed by atoms with Crippen LogP contribution in [0, 0.1) is 13.8 Å². The number of H-pyrrole nitrogens is 1. The Bertz CT molecular complexity index is 737. The SMILES string of the molecule is Cc1n[nH]c(C)c1C(C)N(C)C(=O)COc1ccc2c(c1)OCO2.